The summed E-state index contributed by atoms with van der Waals surface area (Å²) in [6, 6.07) is 5.22. The zero-order valence-electron chi connectivity index (χ0n) is 12.1. The van der Waals surface area contributed by atoms with E-state index in [1.54, 1.807) is 0 Å². The van der Waals surface area contributed by atoms with Gasteiger partial charge in [0, 0.05) is 18.7 Å². The molecule has 0 saturated carbocycles. The minimum absolute atomic E-state index is 0.0101. The molecular weight excluding hydrogens is 283 g/mol. The lowest BCUT2D eigenvalue weighted by atomic mass is 9.94. The van der Waals surface area contributed by atoms with E-state index in [2.05, 4.69) is 5.32 Å². The lowest BCUT2D eigenvalue weighted by Crippen LogP contribution is -2.21. The van der Waals surface area contributed by atoms with E-state index < -0.39 is 17.7 Å². The first kappa shape index (κ1) is 17.3. The quantitative estimate of drug-likeness (QED) is 0.791. The van der Waals surface area contributed by atoms with Crippen LogP contribution >= 0.6 is 0 Å². The summed E-state index contributed by atoms with van der Waals surface area (Å²) in [5.74, 6) is -0.857. The molecule has 1 unspecified atom stereocenters. The Bertz CT molecular complexity index is 472. The SMILES string of the molecule is CC(C)CC(CNc1ccccc1C(F)(F)F)CC(=O)O. The maximum Gasteiger partial charge on any atom is 0.418 e. The molecule has 21 heavy (non-hydrogen) atoms. The van der Waals surface area contributed by atoms with Gasteiger partial charge in [-0.15, -0.1) is 0 Å². The normalized spacial score (nSPS) is 13.2. The third-order valence-electron chi connectivity index (χ3n) is 3.08. The van der Waals surface area contributed by atoms with Crippen LogP contribution in [0, 0.1) is 11.8 Å². The van der Waals surface area contributed by atoms with Crippen molar-refractivity contribution in [2.45, 2.75) is 32.9 Å². The summed E-state index contributed by atoms with van der Waals surface area (Å²) in [5, 5.41) is 11.6. The van der Waals surface area contributed by atoms with Crippen molar-refractivity contribution in [1.29, 1.82) is 0 Å². The first-order valence-electron chi connectivity index (χ1n) is 6.82. The third kappa shape index (κ3) is 6.06. The Morgan fingerprint density at radius 2 is 1.90 bits per heavy atom. The van der Waals surface area contributed by atoms with Crippen LogP contribution in [-0.2, 0) is 11.0 Å². The number of carboxylic acids is 1. The van der Waals surface area contributed by atoms with Crippen molar-refractivity contribution in [2.75, 3.05) is 11.9 Å². The van der Waals surface area contributed by atoms with Gasteiger partial charge in [0.2, 0.25) is 0 Å². The summed E-state index contributed by atoms with van der Waals surface area (Å²) in [7, 11) is 0. The van der Waals surface area contributed by atoms with Crippen LogP contribution in [0.4, 0.5) is 18.9 Å². The van der Waals surface area contributed by atoms with Crippen molar-refractivity contribution >= 4 is 11.7 Å². The number of halogens is 3. The number of benzene rings is 1. The van der Waals surface area contributed by atoms with E-state index in [1.165, 1.54) is 18.2 Å². The Hall–Kier alpha value is -1.72. The molecule has 0 spiro atoms. The number of aliphatic carboxylic acids is 1. The van der Waals surface area contributed by atoms with Gasteiger partial charge in [0.15, 0.2) is 0 Å². The van der Waals surface area contributed by atoms with E-state index >= 15 is 0 Å². The first-order chi connectivity index (χ1) is 9.70. The highest BCUT2D eigenvalue weighted by Crippen LogP contribution is 2.34. The zero-order valence-corrected chi connectivity index (χ0v) is 12.1. The number of nitrogens with one attached hydrogen (secondary N) is 1. The summed E-state index contributed by atoms with van der Waals surface area (Å²) >= 11 is 0. The van der Waals surface area contributed by atoms with Gasteiger partial charge in [0.1, 0.15) is 0 Å². The number of anilines is 1. The maximum atomic E-state index is 12.9. The smallest absolute Gasteiger partial charge is 0.418 e. The molecule has 0 heterocycles. The van der Waals surface area contributed by atoms with Crippen molar-refractivity contribution in [3.8, 4) is 0 Å². The van der Waals surface area contributed by atoms with Gasteiger partial charge in [-0.1, -0.05) is 26.0 Å². The fourth-order valence-electron chi connectivity index (χ4n) is 2.29. The predicted molar refractivity (Wildman–Crippen MR) is 75.1 cm³/mol. The second-order valence-corrected chi connectivity index (χ2v) is 5.52. The van der Waals surface area contributed by atoms with Gasteiger partial charge in [-0.05, 0) is 30.4 Å². The van der Waals surface area contributed by atoms with Gasteiger partial charge in [-0.2, -0.15) is 13.2 Å². The van der Waals surface area contributed by atoms with Crippen molar-refractivity contribution in [1.82, 2.24) is 0 Å². The largest absolute Gasteiger partial charge is 0.481 e. The Morgan fingerprint density at radius 1 is 1.29 bits per heavy atom. The molecule has 1 rings (SSSR count). The minimum atomic E-state index is -4.43. The number of alkyl halides is 3. The molecule has 2 N–H and O–H groups in total. The lowest BCUT2D eigenvalue weighted by Gasteiger charge is -2.20. The van der Waals surface area contributed by atoms with Crippen LogP contribution in [0.15, 0.2) is 24.3 Å². The van der Waals surface area contributed by atoms with E-state index in [1.807, 2.05) is 13.8 Å². The Balaban J connectivity index is 2.78. The van der Waals surface area contributed by atoms with Crippen LogP contribution in [0.1, 0.15) is 32.3 Å². The molecule has 118 valence electrons. The minimum Gasteiger partial charge on any atom is -0.481 e. The van der Waals surface area contributed by atoms with Crippen molar-refractivity contribution in [3.05, 3.63) is 29.8 Å². The summed E-state index contributed by atoms with van der Waals surface area (Å²) in [5.41, 5.74) is -0.743. The van der Waals surface area contributed by atoms with Crippen LogP contribution < -0.4 is 5.32 Å². The fourth-order valence-corrected chi connectivity index (χ4v) is 2.29. The molecular formula is C15H20F3NO2. The molecule has 0 aromatic heterocycles. The number of hydrogen-bond acceptors (Lipinski definition) is 2. The highest BCUT2D eigenvalue weighted by molar-refractivity contribution is 5.67. The maximum absolute atomic E-state index is 12.9. The van der Waals surface area contributed by atoms with Crippen molar-refractivity contribution < 1.29 is 23.1 Å². The summed E-state index contributed by atoms with van der Waals surface area (Å²) in [6.45, 7) is 4.12. The topological polar surface area (TPSA) is 49.3 Å². The third-order valence-corrected chi connectivity index (χ3v) is 3.08. The van der Waals surface area contributed by atoms with E-state index in [0.717, 1.165) is 6.07 Å². The summed E-state index contributed by atoms with van der Waals surface area (Å²) < 4.78 is 38.6. The predicted octanol–water partition coefficient (Wildman–Crippen LogP) is 4.25. The van der Waals surface area contributed by atoms with Crippen LogP contribution in [0.3, 0.4) is 0 Å². The number of carboxylic acid groups (broad SMARTS) is 1. The van der Waals surface area contributed by atoms with Gasteiger partial charge in [0.25, 0.3) is 0 Å². The number of para-hydroxylation sites is 1. The average Bonchev–Trinajstić information content (AvgIpc) is 2.34. The molecule has 0 aliphatic carbocycles. The molecule has 1 atom stereocenters. The second-order valence-electron chi connectivity index (χ2n) is 5.52. The highest BCUT2D eigenvalue weighted by Gasteiger charge is 2.33. The van der Waals surface area contributed by atoms with E-state index in [9.17, 15) is 18.0 Å². The number of carbonyl (C=O) groups is 1. The van der Waals surface area contributed by atoms with Crippen LogP contribution in [-0.4, -0.2) is 17.6 Å². The van der Waals surface area contributed by atoms with Gasteiger partial charge < -0.3 is 10.4 Å². The monoisotopic (exact) mass is 303 g/mol. The standard InChI is InChI=1S/C15H20F3NO2/c1-10(2)7-11(8-14(20)21)9-19-13-6-4-3-5-12(13)15(16,17)18/h3-6,10-11,19H,7-9H2,1-2H3,(H,20,21). The van der Waals surface area contributed by atoms with Crippen LogP contribution in [0.2, 0.25) is 0 Å². The van der Waals surface area contributed by atoms with Crippen molar-refractivity contribution in [3.63, 3.8) is 0 Å². The van der Waals surface area contributed by atoms with E-state index in [0.29, 0.717) is 6.42 Å². The average molecular weight is 303 g/mol. The van der Waals surface area contributed by atoms with Crippen LogP contribution in [0.5, 0.6) is 0 Å². The van der Waals surface area contributed by atoms with Crippen LogP contribution in [0.25, 0.3) is 0 Å². The molecule has 0 saturated heterocycles. The molecule has 0 fully saturated rings. The summed E-state index contributed by atoms with van der Waals surface area (Å²) in [4.78, 5) is 10.8. The number of hydrogen-bond donors (Lipinski definition) is 2. The highest BCUT2D eigenvalue weighted by atomic mass is 19.4. The molecule has 0 radical (unpaired) electrons. The lowest BCUT2D eigenvalue weighted by molar-refractivity contribution is -0.138. The van der Waals surface area contributed by atoms with Gasteiger partial charge in [-0.3, -0.25) is 4.79 Å². The molecule has 1 aromatic carbocycles. The fraction of sp³-hybridized carbons (Fsp3) is 0.533. The zero-order chi connectivity index (χ0) is 16.0. The number of rotatable bonds is 7. The van der Waals surface area contributed by atoms with E-state index in [4.69, 9.17) is 5.11 Å². The molecule has 0 aliphatic rings. The molecule has 0 aliphatic heterocycles. The Labute approximate surface area is 122 Å². The molecule has 6 heteroatoms. The Morgan fingerprint density at radius 3 is 2.43 bits per heavy atom. The van der Waals surface area contributed by atoms with Crippen molar-refractivity contribution in [2.24, 2.45) is 11.8 Å². The van der Waals surface area contributed by atoms with Gasteiger partial charge in [-0.25, -0.2) is 0 Å². The molecule has 0 bridgehead atoms. The molecule has 3 nitrogen and oxygen atoms in total. The molecule has 0 amide bonds. The van der Waals surface area contributed by atoms with Gasteiger partial charge >= 0.3 is 12.1 Å². The van der Waals surface area contributed by atoms with E-state index in [-0.39, 0.29) is 30.5 Å². The Kier molecular flexibility index (Phi) is 6.05. The second kappa shape index (κ2) is 7.33. The summed E-state index contributed by atoms with van der Waals surface area (Å²) in [6.07, 6.45) is -3.84. The van der Waals surface area contributed by atoms with Gasteiger partial charge in [0.05, 0.1) is 5.56 Å². The molecule has 1 aromatic rings. The first-order valence-corrected chi connectivity index (χ1v) is 6.82.